The largest absolute Gasteiger partial charge is 0.350 e. The fraction of sp³-hybridized carbons (Fsp3) is 0.545. The molecule has 1 heterocycles. The molecule has 0 unspecified atom stereocenters. The summed E-state index contributed by atoms with van der Waals surface area (Å²) in [6.45, 7) is 4.80. The summed E-state index contributed by atoms with van der Waals surface area (Å²) in [4.78, 5) is 15.4. The number of carbonyl (C=O) groups is 1. The summed E-state index contributed by atoms with van der Waals surface area (Å²) in [5.41, 5.74) is -0.0449. The third kappa shape index (κ3) is 3.50. The molecule has 0 spiro atoms. The first kappa shape index (κ1) is 13.5. The molecule has 0 saturated heterocycles. The highest BCUT2D eigenvalue weighted by molar-refractivity contribution is 7.80. The minimum atomic E-state index is -0.0449. The highest BCUT2D eigenvalue weighted by atomic mass is 32.1. The predicted molar refractivity (Wildman–Crippen MR) is 71.7 cm³/mol. The number of carbonyl (C=O) groups excluding carboxylic acids is 1. The molecule has 1 N–H and O–H groups in total. The van der Waals surface area contributed by atoms with E-state index in [2.05, 4.69) is 36.7 Å². The Morgan fingerprint density at radius 3 is 2.62 bits per heavy atom. The van der Waals surface area contributed by atoms with Crippen LogP contribution < -0.4 is 5.32 Å². The third-order valence-corrected chi connectivity index (χ3v) is 4.06. The van der Waals surface area contributed by atoms with E-state index in [1.807, 2.05) is 19.5 Å². The maximum Gasteiger partial charge on any atom is 0.261 e. The van der Waals surface area contributed by atoms with Gasteiger partial charge in [-0.05, 0) is 34.0 Å². The monoisotopic (exact) mass is 258 g/mol. The van der Waals surface area contributed by atoms with Crippen molar-refractivity contribution in [3.05, 3.63) is 16.3 Å². The van der Waals surface area contributed by atoms with Gasteiger partial charge in [0.25, 0.3) is 5.91 Å². The number of amides is 1. The first-order chi connectivity index (χ1) is 7.33. The van der Waals surface area contributed by atoms with Crippen molar-refractivity contribution in [2.24, 2.45) is 0 Å². The summed E-state index contributed by atoms with van der Waals surface area (Å²) in [5.74, 6) is -0.0276. The molecular formula is C11H18N2OS2. The van der Waals surface area contributed by atoms with Gasteiger partial charge in [-0.1, -0.05) is 0 Å². The topological polar surface area (TPSA) is 32.3 Å². The lowest BCUT2D eigenvalue weighted by molar-refractivity contribution is 0.0923. The lowest BCUT2D eigenvalue weighted by Crippen LogP contribution is -2.48. The van der Waals surface area contributed by atoms with Crippen LogP contribution in [-0.4, -0.2) is 37.0 Å². The number of hydrogen-bond donors (Lipinski definition) is 2. The fourth-order valence-electron chi connectivity index (χ4n) is 0.987. The molecule has 1 aromatic rings. The molecule has 0 aliphatic rings. The number of thiol groups is 1. The quantitative estimate of drug-likeness (QED) is 0.811. The standard InChI is InChI=1S/C11H18N2OS2/c1-11(2,13(3)4)7-12-10(14)9-5-8(15)6-16-9/h5-6,15H,7H2,1-4H3,(H,12,14). The normalized spacial score (nSPS) is 11.9. The Labute approximate surface area is 106 Å². The molecule has 16 heavy (non-hydrogen) atoms. The van der Waals surface area contributed by atoms with Gasteiger partial charge in [-0.25, -0.2) is 0 Å². The zero-order chi connectivity index (χ0) is 12.3. The molecule has 0 saturated carbocycles. The molecule has 0 bridgehead atoms. The Hall–Kier alpha value is -0.520. The Bertz CT molecular complexity index is 372. The number of rotatable bonds is 4. The molecule has 1 rings (SSSR count). The van der Waals surface area contributed by atoms with E-state index in [4.69, 9.17) is 0 Å². The molecule has 1 aromatic heterocycles. The minimum absolute atomic E-state index is 0.0276. The molecular weight excluding hydrogens is 240 g/mol. The smallest absolute Gasteiger partial charge is 0.261 e. The third-order valence-electron chi connectivity index (χ3n) is 2.70. The van der Waals surface area contributed by atoms with Crippen LogP contribution in [-0.2, 0) is 0 Å². The zero-order valence-corrected chi connectivity index (χ0v) is 11.8. The molecule has 0 aliphatic heterocycles. The second-order valence-corrected chi connectivity index (χ2v) is 5.99. The van der Waals surface area contributed by atoms with Crippen LogP contribution in [0.3, 0.4) is 0 Å². The summed E-state index contributed by atoms with van der Waals surface area (Å²) in [6.07, 6.45) is 0. The van der Waals surface area contributed by atoms with Crippen molar-refractivity contribution in [2.75, 3.05) is 20.6 Å². The van der Waals surface area contributed by atoms with E-state index in [1.54, 1.807) is 6.07 Å². The molecule has 5 heteroatoms. The average molecular weight is 258 g/mol. The maximum atomic E-state index is 11.8. The van der Waals surface area contributed by atoms with Crippen molar-refractivity contribution in [3.63, 3.8) is 0 Å². The van der Waals surface area contributed by atoms with Crippen LogP contribution in [0.25, 0.3) is 0 Å². The number of hydrogen-bond acceptors (Lipinski definition) is 4. The predicted octanol–water partition coefficient (Wildman–Crippen LogP) is 2.11. The Morgan fingerprint density at radius 2 is 2.19 bits per heavy atom. The van der Waals surface area contributed by atoms with Gasteiger partial charge in [-0.3, -0.25) is 4.79 Å². The van der Waals surface area contributed by atoms with E-state index in [1.165, 1.54) is 11.3 Å². The molecule has 3 nitrogen and oxygen atoms in total. The maximum absolute atomic E-state index is 11.8. The average Bonchev–Trinajstić information content (AvgIpc) is 2.61. The van der Waals surface area contributed by atoms with Crippen LogP contribution in [0, 0.1) is 0 Å². The van der Waals surface area contributed by atoms with Crippen LogP contribution in [0.15, 0.2) is 16.3 Å². The molecule has 0 fully saturated rings. The number of likely N-dealkylation sites (N-methyl/N-ethyl adjacent to an activating group) is 1. The van der Waals surface area contributed by atoms with Gasteiger partial charge in [-0.15, -0.1) is 24.0 Å². The van der Waals surface area contributed by atoms with Crippen molar-refractivity contribution in [1.82, 2.24) is 10.2 Å². The first-order valence-corrected chi connectivity index (χ1v) is 6.39. The van der Waals surface area contributed by atoms with E-state index in [9.17, 15) is 4.79 Å². The van der Waals surface area contributed by atoms with Crippen molar-refractivity contribution in [3.8, 4) is 0 Å². The van der Waals surface area contributed by atoms with Crippen LogP contribution >= 0.6 is 24.0 Å². The summed E-state index contributed by atoms with van der Waals surface area (Å²) in [5, 5.41) is 4.79. The summed E-state index contributed by atoms with van der Waals surface area (Å²) < 4.78 is 0. The molecule has 1 amide bonds. The van der Waals surface area contributed by atoms with Gasteiger partial charge in [0, 0.05) is 22.4 Å². The number of nitrogens with zero attached hydrogens (tertiary/aromatic N) is 1. The fourth-order valence-corrected chi connectivity index (χ4v) is 2.05. The van der Waals surface area contributed by atoms with Gasteiger partial charge >= 0.3 is 0 Å². The van der Waals surface area contributed by atoms with E-state index >= 15 is 0 Å². The van der Waals surface area contributed by atoms with Crippen molar-refractivity contribution >= 4 is 29.9 Å². The molecule has 90 valence electrons. The van der Waals surface area contributed by atoms with E-state index in [0.717, 1.165) is 4.90 Å². The van der Waals surface area contributed by atoms with Gasteiger partial charge in [0.2, 0.25) is 0 Å². The van der Waals surface area contributed by atoms with E-state index < -0.39 is 0 Å². The molecule has 0 aliphatic carbocycles. The Kier molecular flexibility index (Phi) is 4.41. The van der Waals surface area contributed by atoms with Gasteiger partial charge in [0.15, 0.2) is 0 Å². The minimum Gasteiger partial charge on any atom is -0.350 e. The number of nitrogens with one attached hydrogen (secondary N) is 1. The lowest BCUT2D eigenvalue weighted by Gasteiger charge is -2.32. The highest BCUT2D eigenvalue weighted by Gasteiger charge is 2.21. The molecule has 0 aromatic carbocycles. The van der Waals surface area contributed by atoms with Crippen LogP contribution in [0.1, 0.15) is 23.5 Å². The summed E-state index contributed by atoms with van der Waals surface area (Å²) in [6, 6.07) is 1.78. The van der Waals surface area contributed by atoms with Crippen LogP contribution in [0.4, 0.5) is 0 Å². The second-order valence-electron chi connectivity index (χ2n) is 4.56. The highest BCUT2D eigenvalue weighted by Crippen LogP contribution is 2.17. The molecule has 0 radical (unpaired) electrons. The van der Waals surface area contributed by atoms with Crippen molar-refractivity contribution in [1.29, 1.82) is 0 Å². The van der Waals surface area contributed by atoms with Crippen LogP contribution in [0.2, 0.25) is 0 Å². The van der Waals surface area contributed by atoms with Crippen molar-refractivity contribution < 1.29 is 4.79 Å². The van der Waals surface area contributed by atoms with E-state index in [-0.39, 0.29) is 11.4 Å². The Balaban J connectivity index is 2.54. The van der Waals surface area contributed by atoms with Gasteiger partial charge in [0.05, 0.1) is 4.88 Å². The SMILES string of the molecule is CN(C)C(C)(C)CNC(=O)c1cc(S)cs1. The Morgan fingerprint density at radius 1 is 1.56 bits per heavy atom. The zero-order valence-electron chi connectivity index (χ0n) is 10.1. The van der Waals surface area contributed by atoms with Crippen LogP contribution in [0.5, 0.6) is 0 Å². The summed E-state index contributed by atoms with van der Waals surface area (Å²) >= 11 is 5.59. The lowest BCUT2D eigenvalue weighted by atomic mass is 10.0. The van der Waals surface area contributed by atoms with Gasteiger partial charge < -0.3 is 10.2 Å². The first-order valence-electron chi connectivity index (χ1n) is 5.06. The van der Waals surface area contributed by atoms with Gasteiger partial charge in [-0.2, -0.15) is 0 Å². The van der Waals surface area contributed by atoms with E-state index in [0.29, 0.717) is 11.4 Å². The second kappa shape index (κ2) is 5.21. The summed E-state index contributed by atoms with van der Waals surface area (Å²) in [7, 11) is 4.01. The number of thiophene rings is 1. The van der Waals surface area contributed by atoms with Gasteiger partial charge in [0.1, 0.15) is 0 Å². The molecule has 0 atom stereocenters. The van der Waals surface area contributed by atoms with Crippen molar-refractivity contribution in [2.45, 2.75) is 24.3 Å².